The summed E-state index contributed by atoms with van der Waals surface area (Å²) < 4.78 is 11.9. The maximum Gasteiger partial charge on any atom is 0.305 e. The summed E-state index contributed by atoms with van der Waals surface area (Å²) in [4.78, 5) is 27.3. The number of oxazole rings is 1. The van der Waals surface area contributed by atoms with E-state index in [0.29, 0.717) is 24.0 Å². The molecule has 36 heavy (non-hydrogen) atoms. The van der Waals surface area contributed by atoms with Crippen LogP contribution in [0.15, 0.2) is 77.2 Å². The van der Waals surface area contributed by atoms with Crippen LogP contribution in [0.2, 0.25) is 0 Å². The zero-order chi connectivity index (χ0) is 25.5. The number of carbonyl (C=O) groups is 2. The number of amides is 1. The molecule has 186 valence electrons. The van der Waals surface area contributed by atoms with E-state index < -0.39 is 5.97 Å². The predicted molar refractivity (Wildman–Crippen MR) is 138 cm³/mol. The first-order valence-electron chi connectivity index (χ1n) is 11.8. The summed E-state index contributed by atoms with van der Waals surface area (Å²) >= 11 is 0. The molecule has 1 aromatic heterocycles. The van der Waals surface area contributed by atoms with Crippen molar-refractivity contribution in [2.75, 3.05) is 18.5 Å². The van der Waals surface area contributed by atoms with Crippen LogP contribution >= 0.6 is 0 Å². The summed E-state index contributed by atoms with van der Waals surface area (Å²) in [5.41, 5.74) is 3.80. The first-order chi connectivity index (χ1) is 17.4. The Hall–Kier alpha value is -4.33. The molecule has 0 bridgehead atoms. The van der Waals surface area contributed by atoms with Gasteiger partial charge in [-0.05, 0) is 66.6 Å². The van der Waals surface area contributed by atoms with Crippen LogP contribution < -0.4 is 15.4 Å². The Bertz CT molecular complexity index is 1280. The Labute approximate surface area is 209 Å². The van der Waals surface area contributed by atoms with Crippen molar-refractivity contribution in [1.29, 1.82) is 0 Å². The molecule has 0 aliphatic rings. The van der Waals surface area contributed by atoms with Gasteiger partial charge in [-0.15, -0.1) is 0 Å². The number of aromatic nitrogens is 1. The number of aliphatic carboxylic acids is 1. The van der Waals surface area contributed by atoms with Crippen molar-refractivity contribution in [3.05, 3.63) is 78.4 Å². The minimum absolute atomic E-state index is 0.0389. The van der Waals surface area contributed by atoms with Crippen molar-refractivity contribution in [2.24, 2.45) is 5.92 Å². The van der Waals surface area contributed by atoms with Gasteiger partial charge >= 0.3 is 5.97 Å². The highest BCUT2D eigenvalue weighted by molar-refractivity contribution is 5.94. The predicted octanol–water partition coefficient (Wildman–Crippen LogP) is 5.21. The fourth-order valence-electron chi connectivity index (χ4n) is 3.59. The van der Waals surface area contributed by atoms with Gasteiger partial charge in [0, 0.05) is 23.4 Å². The number of carboxylic acid groups (broad SMARTS) is 1. The molecule has 0 saturated heterocycles. The van der Waals surface area contributed by atoms with Crippen molar-refractivity contribution in [3.8, 4) is 17.2 Å². The molecule has 4 rings (SSSR count). The van der Waals surface area contributed by atoms with E-state index >= 15 is 0 Å². The Balaban J connectivity index is 1.32. The zero-order valence-electron chi connectivity index (χ0n) is 20.2. The van der Waals surface area contributed by atoms with Gasteiger partial charge in [0.1, 0.15) is 17.9 Å². The van der Waals surface area contributed by atoms with Gasteiger partial charge < -0.3 is 24.9 Å². The molecule has 0 aliphatic carbocycles. The number of nitrogens with zero attached hydrogens (tertiary/aromatic N) is 1. The highest BCUT2D eigenvalue weighted by Crippen LogP contribution is 2.26. The molecule has 1 atom stereocenters. The lowest BCUT2D eigenvalue weighted by atomic mass is 10.0. The minimum atomic E-state index is -0.948. The average Bonchev–Trinajstić information content (AvgIpc) is 3.31. The second kappa shape index (κ2) is 11.4. The molecule has 0 saturated carbocycles. The van der Waals surface area contributed by atoms with Gasteiger partial charge in [0.15, 0.2) is 5.58 Å². The number of nitrogens with one attached hydrogen (secondary N) is 2. The highest BCUT2D eigenvalue weighted by atomic mass is 16.5. The summed E-state index contributed by atoms with van der Waals surface area (Å²) in [7, 11) is 0. The standard InChI is InChI=1S/C28H29N3O5/c1-18(2)24(30-21-11-7-19(8-12-21)27(34)29-16-15-26(32)33)17-35-22-13-9-20(10-14-22)28-31-23-5-3-4-6-25(23)36-28/h3-14,18,24,30H,15-17H2,1-2H3,(H,29,34)(H,32,33)/t24-/m0/s1. The second-order valence-electron chi connectivity index (χ2n) is 8.79. The number of anilines is 1. The van der Waals surface area contributed by atoms with Crippen molar-refractivity contribution in [3.63, 3.8) is 0 Å². The molecule has 0 aliphatic heterocycles. The highest BCUT2D eigenvalue weighted by Gasteiger charge is 2.15. The minimum Gasteiger partial charge on any atom is -0.491 e. The van der Waals surface area contributed by atoms with Crippen molar-refractivity contribution >= 4 is 28.7 Å². The second-order valence-corrected chi connectivity index (χ2v) is 8.79. The third kappa shape index (κ3) is 6.41. The Morgan fingerprint density at radius 3 is 2.39 bits per heavy atom. The molecule has 0 spiro atoms. The number of benzene rings is 3. The van der Waals surface area contributed by atoms with E-state index in [0.717, 1.165) is 28.1 Å². The van der Waals surface area contributed by atoms with Gasteiger partial charge in [0.05, 0.1) is 12.5 Å². The van der Waals surface area contributed by atoms with Gasteiger partial charge in [0.2, 0.25) is 5.89 Å². The van der Waals surface area contributed by atoms with Crippen LogP contribution in [0.1, 0.15) is 30.6 Å². The van der Waals surface area contributed by atoms with E-state index in [1.807, 2.05) is 60.7 Å². The van der Waals surface area contributed by atoms with Gasteiger partial charge in [-0.25, -0.2) is 4.98 Å². The molecule has 8 heteroatoms. The largest absolute Gasteiger partial charge is 0.491 e. The maximum atomic E-state index is 12.1. The average molecular weight is 488 g/mol. The van der Waals surface area contributed by atoms with E-state index in [2.05, 4.69) is 29.5 Å². The Kier molecular flexibility index (Phi) is 7.85. The monoisotopic (exact) mass is 487 g/mol. The topological polar surface area (TPSA) is 114 Å². The lowest BCUT2D eigenvalue weighted by molar-refractivity contribution is -0.136. The number of para-hydroxylation sites is 2. The SMILES string of the molecule is CC(C)[C@H](COc1ccc(-c2nc3ccccc3o2)cc1)Nc1ccc(C(=O)NCCC(=O)O)cc1. The molecule has 1 heterocycles. The third-order valence-electron chi connectivity index (χ3n) is 5.75. The fraction of sp³-hybridized carbons (Fsp3) is 0.250. The number of carboxylic acids is 1. The Morgan fingerprint density at radius 2 is 1.72 bits per heavy atom. The van der Waals surface area contributed by atoms with Crippen LogP contribution in [-0.4, -0.2) is 41.2 Å². The normalized spacial score (nSPS) is 11.9. The fourth-order valence-corrected chi connectivity index (χ4v) is 3.59. The summed E-state index contributed by atoms with van der Waals surface area (Å²) in [5, 5.41) is 14.8. The number of hydrogen-bond acceptors (Lipinski definition) is 6. The molecule has 8 nitrogen and oxygen atoms in total. The van der Waals surface area contributed by atoms with Crippen LogP contribution in [0.3, 0.4) is 0 Å². The van der Waals surface area contributed by atoms with Crippen LogP contribution in [0.25, 0.3) is 22.6 Å². The van der Waals surface area contributed by atoms with Gasteiger partial charge in [-0.1, -0.05) is 26.0 Å². The number of rotatable bonds is 11. The molecule has 0 radical (unpaired) electrons. The van der Waals surface area contributed by atoms with Crippen molar-refractivity contribution < 1.29 is 23.8 Å². The molecule has 0 fully saturated rings. The molecular formula is C28H29N3O5. The van der Waals surface area contributed by atoms with Crippen LogP contribution in [0, 0.1) is 5.92 Å². The van der Waals surface area contributed by atoms with Crippen LogP contribution in [0.5, 0.6) is 5.75 Å². The smallest absolute Gasteiger partial charge is 0.305 e. The van der Waals surface area contributed by atoms with Crippen molar-refractivity contribution in [2.45, 2.75) is 26.3 Å². The number of ether oxygens (including phenoxy) is 1. The number of carbonyl (C=O) groups excluding carboxylic acids is 1. The summed E-state index contributed by atoms with van der Waals surface area (Å²) in [5.74, 6) is 0.367. The van der Waals surface area contributed by atoms with Crippen LogP contribution in [0.4, 0.5) is 5.69 Å². The maximum absolute atomic E-state index is 12.1. The van der Waals surface area contributed by atoms with Gasteiger partial charge in [-0.2, -0.15) is 0 Å². The molecule has 3 aromatic carbocycles. The molecule has 1 amide bonds. The van der Waals surface area contributed by atoms with Crippen molar-refractivity contribution in [1.82, 2.24) is 10.3 Å². The zero-order valence-corrected chi connectivity index (χ0v) is 20.2. The van der Waals surface area contributed by atoms with Crippen LogP contribution in [-0.2, 0) is 4.79 Å². The number of fused-ring (bicyclic) bond motifs is 1. The summed E-state index contributed by atoms with van der Waals surface area (Å²) in [6.07, 6.45) is -0.110. The molecule has 4 aromatic rings. The van der Waals surface area contributed by atoms with Gasteiger partial charge in [0.25, 0.3) is 5.91 Å². The molecule has 3 N–H and O–H groups in total. The summed E-state index contributed by atoms with van der Waals surface area (Å²) in [6, 6.07) is 22.4. The van der Waals surface area contributed by atoms with E-state index in [9.17, 15) is 9.59 Å². The van der Waals surface area contributed by atoms with E-state index in [-0.39, 0.29) is 24.9 Å². The first kappa shape index (κ1) is 24.8. The lowest BCUT2D eigenvalue weighted by Crippen LogP contribution is -2.32. The molecular weight excluding hydrogens is 458 g/mol. The first-order valence-corrected chi connectivity index (χ1v) is 11.8. The third-order valence-corrected chi connectivity index (χ3v) is 5.75. The van der Waals surface area contributed by atoms with Gasteiger partial charge in [-0.3, -0.25) is 9.59 Å². The lowest BCUT2D eigenvalue weighted by Gasteiger charge is -2.24. The Morgan fingerprint density at radius 1 is 1.00 bits per heavy atom. The summed E-state index contributed by atoms with van der Waals surface area (Å²) in [6.45, 7) is 4.78. The quantitative estimate of drug-likeness (QED) is 0.266. The van der Waals surface area contributed by atoms with E-state index in [1.165, 1.54) is 0 Å². The number of hydrogen-bond donors (Lipinski definition) is 3. The van der Waals surface area contributed by atoms with E-state index in [1.54, 1.807) is 12.1 Å². The molecule has 0 unspecified atom stereocenters. The van der Waals surface area contributed by atoms with E-state index in [4.69, 9.17) is 14.3 Å².